The molecule has 0 aromatic heterocycles. The van der Waals surface area contributed by atoms with E-state index in [4.69, 9.17) is 29.9 Å². The van der Waals surface area contributed by atoms with Gasteiger partial charge in [-0.05, 0) is 38.1 Å². The van der Waals surface area contributed by atoms with Gasteiger partial charge in [0, 0.05) is 6.20 Å². The summed E-state index contributed by atoms with van der Waals surface area (Å²) in [5, 5.41) is 10.1. The Labute approximate surface area is 226 Å². The van der Waals surface area contributed by atoms with Gasteiger partial charge in [-0.3, -0.25) is 19.0 Å². The predicted octanol–water partition coefficient (Wildman–Crippen LogP) is 4.83. The van der Waals surface area contributed by atoms with Crippen LogP contribution in [0.4, 0.5) is 13.2 Å². The van der Waals surface area contributed by atoms with Crippen LogP contribution in [0, 0.1) is 13.8 Å². The zero-order valence-corrected chi connectivity index (χ0v) is 22.3. The number of aliphatic hydroxyl groups is 1. The van der Waals surface area contributed by atoms with Crippen molar-refractivity contribution in [3.05, 3.63) is 70.9 Å². The number of aryl methyl sites for hydroxylation is 2. The van der Waals surface area contributed by atoms with Crippen LogP contribution >= 0.6 is 19.4 Å². The molecular formula is C25H24ClF3NO8P. The standard InChI is InChI=1S/C25H24ClF3NO8P/c1-14-3-7-16(8-4-14)37-39(34,38-17-9-5-15(2)6-10-17)35-13-25(24(28)29)22(33)21(27)23(36-25)30-12-18(26)19(31)11-20(30)32/h3-10,12,21-24,33H,11,13H2,1-2H3/t21-,22-,23+,25+/m0/s1. The SMILES string of the molecule is Cc1ccc(OP(=O)(OC[C@@]2(C(F)F)O[C@@H](N3C=C(Cl)C(=O)CC3=O)[C@@H](F)[C@@H]2O)Oc2ccc(C)cc2)cc1. The highest BCUT2D eigenvalue weighted by Gasteiger charge is 2.63. The molecule has 0 unspecified atom stereocenters. The minimum absolute atomic E-state index is 0.0136. The average Bonchev–Trinajstić information content (AvgIpc) is 3.14. The lowest BCUT2D eigenvalue weighted by atomic mass is 9.97. The van der Waals surface area contributed by atoms with E-state index in [-0.39, 0.29) is 11.5 Å². The predicted molar refractivity (Wildman–Crippen MR) is 132 cm³/mol. The van der Waals surface area contributed by atoms with Gasteiger partial charge in [-0.15, -0.1) is 0 Å². The lowest BCUT2D eigenvalue weighted by molar-refractivity contribution is -0.200. The van der Waals surface area contributed by atoms with Crippen LogP contribution in [-0.4, -0.2) is 58.8 Å². The summed E-state index contributed by atoms with van der Waals surface area (Å²) < 4.78 is 79.0. The molecule has 1 N–H and O–H groups in total. The number of nitrogens with zero attached hydrogens (tertiary/aromatic N) is 1. The second kappa shape index (κ2) is 11.3. The van der Waals surface area contributed by atoms with E-state index in [9.17, 15) is 28.0 Å². The van der Waals surface area contributed by atoms with Gasteiger partial charge in [0.2, 0.25) is 5.91 Å². The fourth-order valence-electron chi connectivity index (χ4n) is 3.86. The van der Waals surface area contributed by atoms with Crippen LogP contribution < -0.4 is 9.05 Å². The van der Waals surface area contributed by atoms with Crippen molar-refractivity contribution in [1.82, 2.24) is 4.90 Å². The molecule has 2 aromatic rings. The van der Waals surface area contributed by atoms with Gasteiger partial charge in [0.25, 0.3) is 6.43 Å². The van der Waals surface area contributed by atoms with Crippen LogP contribution in [0.3, 0.4) is 0 Å². The molecule has 1 saturated heterocycles. The number of phosphoric ester groups is 1. The van der Waals surface area contributed by atoms with Crippen LogP contribution in [0.15, 0.2) is 59.8 Å². The maximum Gasteiger partial charge on any atom is 0.587 e. The number of hydrogen-bond acceptors (Lipinski definition) is 8. The zero-order chi connectivity index (χ0) is 28.5. The zero-order valence-electron chi connectivity index (χ0n) is 20.6. The Bertz CT molecular complexity index is 1260. The van der Waals surface area contributed by atoms with E-state index in [0.717, 1.165) is 17.3 Å². The number of hydrogen-bond donors (Lipinski definition) is 1. The molecule has 1 fully saturated rings. The molecule has 0 bridgehead atoms. The first-order valence-electron chi connectivity index (χ1n) is 11.6. The van der Waals surface area contributed by atoms with Crippen molar-refractivity contribution >= 4 is 31.1 Å². The number of phosphoric acid groups is 1. The number of carbonyl (C=O) groups excluding carboxylic acids is 2. The minimum atomic E-state index is -4.76. The molecular weight excluding hydrogens is 566 g/mol. The van der Waals surface area contributed by atoms with Crippen molar-refractivity contribution in [1.29, 1.82) is 0 Å². The van der Waals surface area contributed by atoms with Crippen LogP contribution in [-0.2, 0) is 23.4 Å². The number of halogens is 4. The lowest BCUT2D eigenvalue weighted by Crippen LogP contribution is -2.52. The molecule has 2 aliphatic rings. The average molecular weight is 590 g/mol. The third-order valence-corrected chi connectivity index (χ3v) is 7.72. The fraction of sp³-hybridized carbons (Fsp3) is 0.360. The Morgan fingerprint density at radius 2 is 1.59 bits per heavy atom. The van der Waals surface area contributed by atoms with Crippen molar-refractivity contribution in [2.24, 2.45) is 0 Å². The number of ether oxygens (including phenoxy) is 1. The highest BCUT2D eigenvalue weighted by molar-refractivity contribution is 7.49. The summed E-state index contributed by atoms with van der Waals surface area (Å²) in [5.41, 5.74) is -1.41. The summed E-state index contributed by atoms with van der Waals surface area (Å²) in [4.78, 5) is 24.5. The lowest BCUT2D eigenvalue weighted by Gasteiger charge is -2.33. The molecule has 1 amide bonds. The van der Waals surface area contributed by atoms with Gasteiger partial charge in [0.05, 0.1) is 13.0 Å². The van der Waals surface area contributed by atoms with Crippen molar-refractivity contribution in [3.8, 4) is 11.5 Å². The maximum atomic E-state index is 15.2. The Hall–Kier alpha value is -2.89. The summed E-state index contributed by atoms with van der Waals surface area (Å²) in [6.07, 6.45) is -10.8. The maximum absolute atomic E-state index is 15.2. The van der Waals surface area contributed by atoms with Gasteiger partial charge in [-0.1, -0.05) is 47.0 Å². The molecule has 0 radical (unpaired) electrons. The van der Waals surface area contributed by atoms with E-state index in [1.54, 1.807) is 38.1 Å². The number of alkyl halides is 3. The number of benzene rings is 2. The molecule has 0 saturated carbocycles. The molecule has 210 valence electrons. The largest absolute Gasteiger partial charge is 0.587 e. The quantitative estimate of drug-likeness (QED) is 0.327. The van der Waals surface area contributed by atoms with Crippen molar-refractivity contribution in [3.63, 3.8) is 0 Å². The molecule has 39 heavy (non-hydrogen) atoms. The first-order chi connectivity index (χ1) is 18.3. The molecule has 0 aliphatic carbocycles. The molecule has 4 rings (SSSR count). The van der Waals surface area contributed by atoms with Gasteiger partial charge in [0.1, 0.15) is 22.6 Å². The second-order valence-electron chi connectivity index (χ2n) is 9.06. The second-order valence-corrected chi connectivity index (χ2v) is 11.0. The van der Waals surface area contributed by atoms with E-state index in [2.05, 4.69) is 0 Å². The first kappa shape index (κ1) is 29.1. The van der Waals surface area contributed by atoms with E-state index in [0.29, 0.717) is 4.90 Å². The summed E-state index contributed by atoms with van der Waals surface area (Å²) in [7, 11) is -4.76. The highest BCUT2D eigenvalue weighted by Crippen LogP contribution is 2.52. The van der Waals surface area contributed by atoms with Gasteiger partial charge in [-0.2, -0.15) is 0 Å². The number of allylic oxidation sites excluding steroid dienone is 1. The fourth-order valence-corrected chi connectivity index (χ4v) is 5.29. The monoisotopic (exact) mass is 589 g/mol. The molecule has 14 heteroatoms. The van der Waals surface area contributed by atoms with Crippen LogP contribution in [0.1, 0.15) is 17.5 Å². The van der Waals surface area contributed by atoms with Gasteiger partial charge in [-0.25, -0.2) is 17.7 Å². The van der Waals surface area contributed by atoms with Crippen LogP contribution in [0.5, 0.6) is 11.5 Å². The van der Waals surface area contributed by atoms with Crippen molar-refractivity contribution in [2.75, 3.05) is 6.61 Å². The van der Waals surface area contributed by atoms with E-state index in [1.807, 2.05) is 0 Å². The molecule has 2 aromatic carbocycles. The van der Waals surface area contributed by atoms with Gasteiger partial charge >= 0.3 is 7.82 Å². The number of Topliss-reactive ketones (excluding diaryl/α,β-unsaturated/α-hetero) is 1. The smallest absolute Gasteiger partial charge is 0.395 e. The van der Waals surface area contributed by atoms with Crippen molar-refractivity contribution in [2.45, 2.75) is 50.8 Å². The molecule has 9 nitrogen and oxygen atoms in total. The molecule has 4 atom stereocenters. The normalized spacial score (nSPS) is 25.7. The van der Waals surface area contributed by atoms with E-state index >= 15 is 4.39 Å². The Morgan fingerprint density at radius 3 is 2.08 bits per heavy atom. The van der Waals surface area contributed by atoms with Crippen molar-refractivity contribution < 1.29 is 50.7 Å². The van der Waals surface area contributed by atoms with E-state index < -0.39 is 68.1 Å². The van der Waals surface area contributed by atoms with Crippen LogP contribution in [0.25, 0.3) is 0 Å². The molecule has 2 heterocycles. The molecule has 2 aliphatic heterocycles. The summed E-state index contributed by atoms with van der Waals surface area (Å²) >= 11 is 5.75. The third-order valence-electron chi connectivity index (χ3n) is 6.10. The number of ketones is 1. The Balaban J connectivity index is 1.62. The molecule has 0 spiro atoms. The first-order valence-corrected chi connectivity index (χ1v) is 13.4. The third kappa shape index (κ3) is 6.15. The number of carbonyl (C=O) groups is 2. The Morgan fingerprint density at radius 1 is 1.08 bits per heavy atom. The van der Waals surface area contributed by atoms with Gasteiger partial charge in [0.15, 0.2) is 23.8 Å². The summed E-state index contributed by atoms with van der Waals surface area (Å²) in [6, 6.07) is 12.3. The van der Waals surface area contributed by atoms with Gasteiger partial charge < -0.3 is 18.9 Å². The summed E-state index contributed by atoms with van der Waals surface area (Å²) in [5.74, 6) is -1.71. The van der Waals surface area contributed by atoms with Crippen LogP contribution in [0.2, 0.25) is 0 Å². The number of aliphatic hydroxyl groups excluding tert-OH is 1. The number of amides is 1. The highest BCUT2D eigenvalue weighted by atomic mass is 35.5. The summed E-state index contributed by atoms with van der Waals surface area (Å²) in [6.45, 7) is 2.22. The Kier molecular flexibility index (Phi) is 8.44. The number of rotatable bonds is 9. The topological polar surface area (TPSA) is 112 Å². The minimum Gasteiger partial charge on any atom is -0.395 e. The van der Waals surface area contributed by atoms with E-state index in [1.165, 1.54) is 24.3 Å².